The number of hydrogen-bond donors (Lipinski definition) is 1. The maximum absolute atomic E-state index is 13.5. The Morgan fingerprint density at radius 2 is 1.63 bits per heavy atom. The first-order valence-electron chi connectivity index (χ1n) is 9.00. The second kappa shape index (κ2) is 10.3. The highest BCUT2D eigenvalue weighted by atomic mass is 32.2. The van der Waals surface area contributed by atoms with E-state index in [9.17, 15) is 17.6 Å². The lowest BCUT2D eigenvalue weighted by molar-refractivity contribution is -0.121. The van der Waals surface area contributed by atoms with Crippen LogP contribution in [0.4, 0.5) is 4.39 Å². The summed E-state index contributed by atoms with van der Waals surface area (Å²) in [6, 6.07) is 8.60. The largest absolute Gasteiger partial charge is 0.495 e. The number of sulfonamides is 1. The van der Waals surface area contributed by atoms with Crippen LogP contribution in [0, 0.1) is 5.82 Å². The van der Waals surface area contributed by atoms with Gasteiger partial charge in [0.1, 0.15) is 16.5 Å². The minimum Gasteiger partial charge on any atom is -0.495 e. The number of benzene rings is 2. The Hall–Kier alpha value is -2.85. The molecular weight excluding hydrogens is 415 g/mol. The van der Waals surface area contributed by atoms with Gasteiger partial charge in [0.2, 0.25) is 15.9 Å². The third-order valence-corrected chi connectivity index (χ3v) is 6.19. The number of likely N-dealkylation sites (N-methyl/N-ethyl adjacent to an activating group) is 1. The highest BCUT2D eigenvalue weighted by Crippen LogP contribution is 2.28. The lowest BCUT2D eigenvalue weighted by atomic mass is 10.1. The number of carbonyl (C=O) groups is 1. The number of nitrogens with one attached hydrogen (secondary N) is 1. The van der Waals surface area contributed by atoms with Gasteiger partial charge < -0.3 is 19.5 Å². The maximum atomic E-state index is 13.5. The summed E-state index contributed by atoms with van der Waals surface area (Å²) in [4.78, 5) is 11.9. The standard InChI is InChI=1S/C20H25FN2O6S/c1-23(30(25,26)19-12-15(21)6-8-17(19)28-3)13-20(24)22-10-9-14-5-7-16(27-2)18(11-14)29-4/h5-8,11-12H,9-10,13H2,1-4H3,(H,22,24). The Morgan fingerprint density at radius 1 is 1.00 bits per heavy atom. The van der Waals surface area contributed by atoms with Gasteiger partial charge in [0, 0.05) is 13.6 Å². The average molecular weight is 440 g/mol. The molecule has 2 aromatic rings. The third kappa shape index (κ3) is 5.61. The molecule has 0 spiro atoms. The summed E-state index contributed by atoms with van der Waals surface area (Å²) in [6.45, 7) is -0.126. The zero-order valence-corrected chi connectivity index (χ0v) is 18.1. The van der Waals surface area contributed by atoms with Crippen molar-refractivity contribution < 1.29 is 31.8 Å². The van der Waals surface area contributed by atoms with Crippen LogP contribution in [-0.2, 0) is 21.2 Å². The maximum Gasteiger partial charge on any atom is 0.247 e. The van der Waals surface area contributed by atoms with Gasteiger partial charge in [-0.1, -0.05) is 6.07 Å². The molecule has 0 aromatic heterocycles. The summed E-state index contributed by atoms with van der Waals surface area (Å²) in [6.07, 6.45) is 0.514. The SMILES string of the molecule is COc1ccc(CCNC(=O)CN(C)S(=O)(=O)c2cc(F)ccc2OC)cc1OC. The minimum absolute atomic E-state index is 0.00267. The molecule has 164 valence electrons. The Kier molecular flexibility index (Phi) is 8.01. The number of carbonyl (C=O) groups excluding carboxylic acids is 1. The molecule has 0 bridgehead atoms. The van der Waals surface area contributed by atoms with Crippen LogP contribution in [0.2, 0.25) is 0 Å². The fourth-order valence-corrected chi connectivity index (χ4v) is 4.04. The van der Waals surface area contributed by atoms with Gasteiger partial charge in [0.05, 0.1) is 27.9 Å². The highest BCUT2D eigenvalue weighted by Gasteiger charge is 2.27. The van der Waals surface area contributed by atoms with E-state index in [-0.39, 0.29) is 10.6 Å². The first-order valence-corrected chi connectivity index (χ1v) is 10.4. The van der Waals surface area contributed by atoms with Crippen LogP contribution in [-0.4, -0.2) is 60.1 Å². The Morgan fingerprint density at radius 3 is 2.27 bits per heavy atom. The van der Waals surface area contributed by atoms with Gasteiger partial charge in [0.15, 0.2) is 11.5 Å². The number of methoxy groups -OCH3 is 3. The molecule has 0 saturated heterocycles. The summed E-state index contributed by atoms with van der Waals surface area (Å²) in [5, 5.41) is 2.67. The van der Waals surface area contributed by atoms with E-state index in [1.54, 1.807) is 19.2 Å². The first-order chi connectivity index (χ1) is 14.2. The average Bonchev–Trinajstić information content (AvgIpc) is 2.73. The molecule has 10 heteroatoms. The molecule has 0 aliphatic rings. The summed E-state index contributed by atoms with van der Waals surface area (Å²) in [5.41, 5.74) is 0.915. The Bertz CT molecular complexity index is 997. The van der Waals surface area contributed by atoms with Gasteiger partial charge in [-0.3, -0.25) is 4.79 Å². The quantitative estimate of drug-likeness (QED) is 0.606. The monoisotopic (exact) mass is 440 g/mol. The molecule has 1 amide bonds. The molecule has 0 radical (unpaired) electrons. The highest BCUT2D eigenvalue weighted by molar-refractivity contribution is 7.89. The van der Waals surface area contributed by atoms with Crippen LogP contribution < -0.4 is 19.5 Å². The topological polar surface area (TPSA) is 94.2 Å². The fourth-order valence-electron chi connectivity index (χ4n) is 2.75. The van der Waals surface area contributed by atoms with E-state index in [4.69, 9.17) is 14.2 Å². The van der Waals surface area contributed by atoms with Crippen molar-refractivity contribution in [3.63, 3.8) is 0 Å². The number of halogens is 1. The van der Waals surface area contributed by atoms with E-state index in [1.807, 2.05) is 6.07 Å². The smallest absolute Gasteiger partial charge is 0.247 e. The molecule has 2 rings (SSSR count). The first kappa shape index (κ1) is 23.4. The molecule has 0 fully saturated rings. The predicted octanol–water partition coefficient (Wildman–Crippen LogP) is 1.83. The van der Waals surface area contributed by atoms with Crippen molar-refractivity contribution in [1.82, 2.24) is 9.62 Å². The van der Waals surface area contributed by atoms with Crippen LogP contribution >= 0.6 is 0 Å². The van der Waals surface area contributed by atoms with Crippen molar-refractivity contribution in [2.75, 3.05) is 41.5 Å². The number of ether oxygens (including phenoxy) is 3. The Balaban J connectivity index is 1.97. The number of hydrogen-bond acceptors (Lipinski definition) is 6. The van der Waals surface area contributed by atoms with E-state index < -0.39 is 28.3 Å². The number of nitrogens with zero attached hydrogens (tertiary/aromatic N) is 1. The molecule has 0 atom stereocenters. The van der Waals surface area contributed by atoms with Gasteiger partial charge >= 0.3 is 0 Å². The van der Waals surface area contributed by atoms with Crippen LogP contribution in [0.1, 0.15) is 5.56 Å². The molecule has 2 aromatic carbocycles. The van der Waals surface area contributed by atoms with E-state index in [0.29, 0.717) is 24.5 Å². The number of rotatable bonds is 10. The van der Waals surface area contributed by atoms with E-state index in [1.165, 1.54) is 27.3 Å². The van der Waals surface area contributed by atoms with Gasteiger partial charge in [-0.05, 0) is 42.3 Å². The van der Waals surface area contributed by atoms with Crippen molar-refractivity contribution in [2.45, 2.75) is 11.3 Å². The van der Waals surface area contributed by atoms with Crippen molar-refractivity contribution in [2.24, 2.45) is 0 Å². The lowest BCUT2D eigenvalue weighted by Crippen LogP contribution is -2.39. The zero-order chi connectivity index (χ0) is 22.3. The van der Waals surface area contributed by atoms with Gasteiger partial charge in [-0.2, -0.15) is 4.31 Å². The third-order valence-electron chi connectivity index (χ3n) is 4.36. The molecule has 30 heavy (non-hydrogen) atoms. The number of amides is 1. The van der Waals surface area contributed by atoms with Crippen molar-refractivity contribution in [3.05, 3.63) is 47.8 Å². The van der Waals surface area contributed by atoms with Crippen LogP contribution in [0.5, 0.6) is 17.2 Å². The summed E-state index contributed by atoms with van der Waals surface area (Å²) in [7, 11) is 1.49. The van der Waals surface area contributed by atoms with Crippen molar-refractivity contribution >= 4 is 15.9 Å². The summed E-state index contributed by atoms with van der Waals surface area (Å²) < 4.78 is 55.2. The molecule has 1 N–H and O–H groups in total. The minimum atomic E-state index is -4.12. The zero-order valence-electron chi connectivity index (χ0n) is 17.3. The van der Waals surface area contributed by atoms with Crippen LogP contribution in [0.15, 0.2) is 41.3 Å². The van der Waals surface area contributed by atoms with Crippen LogP contribution in [0.3, 0.4) is 0 Å². The second-order valence-electron chi connectivity index (χ2n) is 6.35. The van der Waals surface area contributed by atoms with Crippen LogP contribution in [0.25, 0.3) is 0 Å². The molecule has 8 nitrogen and oxygen atoms in total. The normalized spacial score (nSPS) is 11.3. The van der Waals surface area contributed by atoms with E-state index in [2.05, 4.69) is 5.32 Å². The van der Waals surface area contributed by atoms with Crippen molar-refractivity contribution in [3.8, 4) is 17.2 Å². The molecule has 0 heterocycles. The molecule has 0 aliphatic heterocycles. The van der Waals surface area contributed by atoms with Crippen molar-refractivity contribution in [1.29, 1.82) is 0 Å². The summed E-state index contributed by atoms with van der Waals surface area (Å²) in [5.74, 6) is -0.0303. The lowest BCUT2D eigenvalue weighted by Gasteiger charge is -2.18. The fraction of sp³-hybridized carbons (Fsp3) is 0.350. The molecule has 0 saturated carbocycles. The molecular formula is C20H25FN2O6S. The van der Waals surface area contributed by atoms with E-state index in [0.717, 1.165) is 22.0 Å². The molecule has 0 unspecified atom stereocenters. The van der Waals surface area contributed by atoms with Gasteiger partial charge in [-0.25, -0.2) is 12.8 Å². The second-order valence-corrected chi connectivity index (χ2v) is 8.36. The Labute approximate surface area is 175 Å². The predicted molar refractivity (Wildman–Crippen MR) is 109 cm³/mol. The van der Waals surface area contributed by atoms with Gasteiger partial charge in [0.25, 0.3) is 0 Å². The van der Waals surface area contributed by atoms with Gasteiger partial charge in [-0.15, -0.1) is 0 Å². The molecule has 0 aliphatic carbocycles. The van der Waals surface area contributed by atoms with E-state index >= 15 is 0 Å². The summed E-state index contributed by atoms with van der Waals surface area (Å²) >= 11 is 0.